The van der Waals surface area contributed by atoms with Gasteiger partial charge in [-0.1, -0.05) is 6.07 Å². The molecule has 4 nitrogen and oxygen atoms in total. The Bertz CT molecular complexity index is 715. The van der Waals surface area contributed by atoms with Gasteiger partial charge in [-0.2, -0.15) is 0 Å². The molecule has 2 aromatic carbocycles. The van der Waals surface area contributed by atoms with Crippen molar-refractivity contribution in [2.24, 2.45) is 0 Å². The summed E-state index contributed by atoms with van der Waals surface area (Å²) in [7, 11) is 0. The van der Waals surface area contributed by atoms with Crippen molar-refractivity contribution in [3.8, 4) is 5.75 Å². The van der Waals surface area contributed by atoms with E-state index >= 15 is 0 Å². The minimum absolute atomic E-state index is 0.00319. The van der Waals surface area contributed by atoms with E-state index < -0.39 is 0 Å². The van der Waals surface area contributed by atoms with Crippen LogP contribution in [0, 0.1) is 3.57 Å². The lowest BCUT2D eigenvalue weighted by Crippen LogP contribution is -2.27. The Morgan fingerprint density at radius 3 is 2.90 bits per heavy atom. The molecule has 1 aliphatic carbocycles. The number of amides is 1. The molecule has 0 bridgehead atoms. The highest BCUT2D eigenvalue weighted by Crippen LogP contribution is 2.33. The number of anilines is 1. The second-order valence-corrected chi connectivity index (χ2v) is 6.43. The lowest BCUT2D eigenvalue weighted by Gasteiger charge is -2.15. The van der Waals surface area contributed by atoms with Crippen molar-refractivity contribution >= 4 is 34.2 Å². The second-order valence-electron chi connectivity index (χ2n) is 5.18. The molecule has 21 heavy (non-hydrogen) atoms. The van der Waals surface area contributed by atoms with E-state index in [1.165, 1.54) is 5.56 Å². The van der Waals surface area contributed by atoms with E-state index in [9.17, 15) is 9.90 Å². The van der Waals surface area contributed by atoms with Gasteiger partial charge in [-0.05, 0) is 76.9 Å². The Kier molecular flexibility index (Phi) is 3.75. The van der Waals surface area contributed by atoms with Gasteiger partial charge in [-0.3, -0.25) is 4.79 Å². The molecule has 108 valence electrons. The van der Waals surface area contributed by atoms with Crippen LogP contribution in [0.15, 0.2) is 36.4 Å². The van der Waals surface area contributed by atoms with Crippen molar-refractivity contribution in [3.63, 3.8) is 0 Å². The van der Waals surface area contributed by atoms with Gasteiger partial charge in [0.1, 0.15) is 5.75 Å². The third-order valence-electron chi connectivity index (χ3n) is 3.75. The molecule has 0 heterocycles. The van der Waals surface area contributed by atoms with Gasteiger partial charge in [0, 0.05) is 9.26 Å². The Labute approximate surface area is 136 Å². The molecule has 2 aromatic rings. The van der Waals surface area contributed by atoms with Gasteiger partial charge < -0.3 is 16.2 Å². The topological polar surface area (TPSA) is 75.3 Å². The van der Waals surface area contributed by atoms with Crippen LogP contribution in [0.1, 0.15) is 33.9 Å². The Balaban J connectivity index is 1.82. The fourth-order valence-electron chi connectivity index (χ4n) is 2.71. The van der Waals surface area contributed by atoms with E-state index in [0.29, 0.717) is 5.56 Å². The Morgan fingerprint density at radius 2 is 2.10 bits per heavy atom. The number of halogens is 1. The van der Waals surface area contributed by atoms with Gasteiger partial charge in [0.15, 0.2) is 0 Å². The third kappa shape index (κ3) is 2.83. The molecule has 1 unspecified atom stereocenters. The van der Waals surface area contributed by atoms with Crippen LogP contribution in [-0.2, 0) is 6.42 Å². The average molecular weight is 394 g/mol. The molecule has 0 saturated heterocycles. The first kappa shape index (κ1) is 14.2. The number of hydrogen-bond acceptors (Lipinski definition) is 3. The molecule has 0 spiro atoms. The summed E-state index contributed by atoms with van der Waals surface area (Å²) in [5, 5.41) is 12.8. The maximum absolute atomic E-state index is 12.4. The smallest absolute Gasteiger partial charge is 0.255 e. The van der Waals surface area contributed by atoms with Crippen LogP contribution < -0.4 is 11.1 Å². The standard InChI is InChI=1S/C16H15IN2O2/c17-10-2-6-15(20)13(8-10)16(21)19-14-5-1-9-7-11(18)3-4-12(9)14/h2-4,6-8,14,20H,1,5,18H2,(H,19,21). The number of nitrogens with one attached hydrogen (secondary N) is 1. The van der Waals surface area contributed by atoms with Gasteiger partial charge in [-0.25, -0.2) is 0 Å². The normalized spacial score (nSPS) is 16.5. The van der Waals surface area contributed by atoms with Crippen molar-refractivity contribution in [1.82, 2.24) is 5.32 Å². The lowest BCUT2D eigenvalue weighted by molar-refractivity contribution is 0.0934. The molecule has 0 saturated carbocycles. The maximum atomic E-state index is 12.4. The summed E-state index contributed by atoms with van der Waals surface area (Å²) in [5.41, 5.74) is 9.14. The summed E-state index contributed by atoms with van der Waals surface area (Å²) in [5.74, 6) is -0.246. The van der Waals surface area contributed by atoms with E-state index in [-0.39, 0.29) is 17.7 Å². The van der Waals surface area contributed by atoms with Gasteiger partial charge in [0.2, 0.25) is 0 Å². The first-order chi connectivity index (χ1) is 10.0. The number of nitrogen functional groups attached to an aromatic ring is 1. The predicted molar refractivity (Wildman–Crippen MR) is 90.2 cm³/mol. The minimum Gasteiger partial charge on any atom is -0.507 e. The average Bonchev–Trinajstić information content (AvgIpc) is 2.83. The van der Waals surface area contributed by atoms with Gasteiger partial charge in [0.25, 0.3) is 5.91 Å². The zero-order valence-corrected chi connectivity index (χ0v) is 13.4. The van der Waals surface area contributed by atoms with Gasteiger partial charge in [-0.15, -0.1) is 0 Å². The number of rotatable bonds is 2. The fraction of sp³-hybridized carbons (Fsp3) is 0.188. The van der Waals surface area contributed by atoms with E-state index in [1.807, 2.05) is 18.2 Å². The summed E-state index contributed by atoms with van der Waals surface area (Å²) in [6.07, 6.45) is 1.76. The van der Waals surface area contributed by atoms with Crippen molar-refractivity contribution in [2.45, 2.75) is 18.9 Å². The number of aryl methyl sites for hydroxylation is 1. The van der Waals surface area contributed by atoms with Crippen LogP contribution in [0.5, 0.6) is 5.75 Å². The molecule has 0 aromatic heterocycles. The Morgan fingerprint density at radius 1 is 1.29 bits per heavy atom. The molecule has 0 fully saturated rings. The van der Waals surface area contributed by atoms with E-state index in [1.54, 1.807) is 18.2 Å². The largest absolute Gasteiger partial charge is 0.507 e. The highest BCUT2D eigenvalue weighted by Gasteiger charge is 2.25. The van der Waals surface area contributed by atoms with Crippen LogP contribution in [0.3, 0.4) is 0 Å². The third-order valence-corrected chi connectivity index (χ3v) is 4.42. The van der Waals surface area contributed by atoms with E-state index in [4.69, 9.17) is 5.73 Å². The molecule has 5 heteroatoms. The maximum Gasteiger partial charge on any atom is 0.255 e. The highest BCUT2D eigenvalue weighted by molar-refractivity contribution is 14.1. The lowest BCUT2D eigenvalue weighted by atomic mass is 10.1. The molecule has 1 aliphatic rings. The van der Waals surface area contributed by atoms with Crippen molar-refractivity contribution in [2.75, 3.05) is 5.73 Å². The van der Waals surface area contributed by atoms with E-state index in [2.05, 4.69) is 27.9 Å². The summed E-state index contributed by atoms with van der Waals surface area (Å²) >= 11 is 2.12. The number of nitrogens with two attached hydrogens (primary N) is 1. The highest BCUT2D eigenvalue weighted by atomic mass is 127. The summed E-state index contributed by atoms with van der Waals surface area (Å²) in [6, 6.07) is 10.8. The number of phenolic OH excluding ortho intramolecular Hbond substituents is 1. The minimum atomic E-state index is -0.249. The SMILES string of the molecule is Nc1ccc2c(c1)CCC2NC(=O)c1cc(I)ccc1O. The number of carbonyl (C=O) groups excluding carboxylic acids is 1. The molecule has 0 radical (unpaired) electrons. The second kappa shape index (κ2) is 5.55. The summed E-state index contributed by atoms with van der Waals surface area (Å²) < 4.78 is 0.912. The molecule has 1 atom stereocenters. The van der Waals surface area contributed by atoms with Crippen LogP contribution in [0.4, 0.5) is 5.69 Å². The number of fused-ring (bicyclic) bond motifs is 1. The predicted octanol–water partition coefficient (Wildman–Crippen LogP) is 3.00. The number of phenols is 1. The number of carbonyl (C=O) groups is 1. The number of benzene rings is 2. The monoisotopic (exact) mass is 394 g/mol. The molecule has 3 rings (SSSR count). The summed E-state index contributed by atoms with van der Waals surface area (Å²) in [6.45, 7) is 0. The molecule has 4 N–H and O–H groups in total. The first-order valence-electron chi connectivity index (χ1n) is 6.72. The van der Waals surface area contributed by atoms with E-state index in [0.717, 1.165) is 27.7 Å². The number of aromatic hydroxyl groups is 1. The number of hydrogen-bond donors (Lipinski definition) is 3. The van der Waals surface area contributed by atoms with Gasteiger partial charge in [0.05, 0.1) is 11.6 Å². The van der Waals surface area contributed by atoms with Crippen LogP contribution >= 0.6 is 22.6 Å². The molecular weight excluding hydrogens is 379 g/mol. The Hall–Kier alpha value is -1.76. The molecular formula is C16H15IN2O2. The fourth-order valence-corrected chi connectivity index (χ4v) is 3.20. The zero-order chi connectivity index (χ0) is 15.0. The van der Waals surface area contributed by atoms with Crippen LogP contribution in [0.2, 0.25) is 0 Å². The van der Waals surface area contributed by atoms with Gasteiger partial charge >= 0.3 is 0 Å². The molecule has 1 amide bonds. The van der Waals surface area contributed by atoms with Crippen molar-refractivity contribution < 1.29 is 9.90 Å². The van der Waals surface area contributed by atoms with Crippen molar-refractivity contribution in [1.29, 1.82) is 0 Å². The van der Waals surface area contributed by atoms with Crippen LogP contribution in [-0.4, -0.2) is 11.0 Å². The quantitative estimate of drug-likeness (QED) is 0.542. The van der Waals surface area contributed by atoms with Crippen molar-refractivity contribution in [3.05, 3.63) is 56.7 Å². The van der Waals surface area contributed by atoms with Crippen LogP contribution in [0.25, 0.3) is 0 Å². The summed E-state index contributed by atoms with van der Waals surface area (Å²) in [4.78, 5) is 12.4. The first-order valence-corrected chi connectivity index (χ1v) is 7.80. The zero-order valence-electron chi connectivity index (χ0n) is 11.3. The molecule has 0 aliphatic heterocycles.